The Labute approximate surface area is 182 Å². The van der Waals surface area contributed by atoms with Crippen molar-refractivity contribution in [1.82, 2.24) is 9.80 Å². The van der Waals surface area contributed by atoms with Crippen LogP contribution in [0.1, 0.15) is 55.6 Å². The fourth-order valence-corrected chi connectivity index (χ4v) is 6.05. The van der Waals surface area contributed by atoms with Crippen LogP contribution in [-0.2, 0) is 4.74 Å². The van der Waals surface area contributed by atoms with Crippen LogP contribution >= 0.6 is 11.3 Å². The SMILES string of the molecule is C[C@@H]1CN(C(=O)c2cc3ccc(OC4CCN(C5CCC5)CC4)cc3s2)C[C@H](C)O1. The summed E-state index contributed by atoms with van der Waals surface area (Å²) in [5, 5.41) is 1.12. The van der Waals surface area contributed by atoms with Gasteiger partial charge in [-0.05, 0) is 69.2 Å². The maximum absolute atomic E-state index is 13.0. The second-order valence-corrected chi connectivity index (χ2v) is 10.3. The van der Waals surface area contributed by atoms with Crippen molar-refractivity contribution in [2.24, 2.45) is 0 Å². The summed E-state index contributed by atoms with van der Waals surface area (Å²) < 4.78 is 13.2. The van der Waals surface area contributed by atoms with Gasteiger partial charge in [0.15, 0.2) is 0 Å². The van der Waals surface area contributed by atoms with E-state index < -0.39 is 0 Å². The maximum Gasteiger partial charge on any atom is 0.264 e. The standard InChI is InChI=1S/C24H32N2O3S/c1-16-14-26(15-17(2)28-16)24(27)23-12-18-6-7-21(13-22(18)30-23)29-20-8-10-25(11-9-20)19-4-3-5-19/h6-7,12-13,16-17,19-20H,3-5,8-11,14-15H2,1-2H3/t16-,17+. The molecule has 2 saturated heterocycles. The van der Waals surface area contributed by atoms with Gasteiger partial charge in [0.2, 0.25) is 0 Å². The second kappa shape index (κ2) is 8.48. The number of benzene rings is 1. The van der Waals surface area contributed by atoms with Crippen molar-refractivity contribution in [2.75, 3.05) is 26.2 Å². The molecular weight excluding hydrogens is 396 g/mol. The van der Waals surface area contributed by atoms with Crippen LogP contribution in [0.3, 0.4) is 0 Å². The minimum atomic E-state index is 0.0859. The van der Waals surface area contributed by atoms with Crippen molar-refractivity contribution < 1.29 is 14.3 Å². The van der Waals surface area contributed by atoms with Crippen molar-refractivity contribution in [1.29, 1.82) is 0 Å². The lowest BCUT2D eigenvalue weighted by Crippen LogP contribution is -2.48. The van der Waals surface area contributed by atoms with Crippen molar-refractivity contribution in [3.8, 4) is 5.75 Å². The van der Waals surface area contributed by atoms with E-state index >= 15 is 0 Å². The Morgan fingerprint density at radius 3 is 2.47 bits per heavy atom. The topological polar surface area (TPSA) is 42.0 Å². The Hall–Kier alpha value is -1.63. The van der Waals surface area contributed by atoms with Gasteiger partial charge in [-0.15, -0.1) is 11.3 Å². The van der Waals surface area contributed by atoms with E-state index in [9.17, 15) is 4.79 Å². The second-order valence-electron chi connectivity index (χ2n) is 9.22. The third kappa shape index (κ3) is 4.23. The van der Waals surface area contributed by atoms with Crippen LogP contribution in [0.5, 0.6) is 5.75 Å². The average molecular weight is 429 g/mol. The number of thiophene rings is 1. The van der Waals surface area contributed by atoms with Crippen molar-refractivity contribution >= 4 is 27.3 Å². The number of piperidine rings is 1. The van der Waals surface area contributed by atoms with Gasteiger partial charge in [0, 0.05) is 36.9 Å². The van der Waals surface area contributed by atoms with E-state index in [4.69, 9.17) is 9.47 Å². The van der Waals surface area contributed by atoms with Gasteiger partial charge in [-0.2, -0.15) is 0 Å². The first-order chi connectivity index (χ1) is 14.5. The molecule has 2 atom stereocenters. The van der Waals surface area contributed by atoms with Gasteiger partial charge in [-0.1, -0.05) is 6.42 Å². The van der Waals surface area contributed by atoms with E-state index in [1.165, 1.54) is 19.3 Å². The summed E-state index contributed by atoms with van der Waals surface area (Å²) in [6.45, 7) is 7.69. The molecule has 5 nitrogen and oxygen atoms in total. The van der Waals surface area contributed by atoms with Gasteiger partial charge in [0.25, 0.3) is 5.91 Å². The number of hydrogen-bond donors (Lipinski definition) is 0. The highest BCUT2D eigenvalue weighted by Gasteiger charge is 2.30. The first-order valence-electron chi connectivity index (χ1n) is 11.4. The van der Waals surface area contributed by atoms with Crippen molar-refractivity contribution in [3.05, 3.63) is 29.1 Å². The molecule has 1 saturated carbocycles. The summed E-state index contributed by atoms with van der Waals surface area (Å²) in [5.74, 6) is 1.04. The van der Waals surface area contributed by atoms with E-state index in [2.05, 4.69) is 23.1 Å². The first-order valence-corrected chi connectivity index (χ1v) is 12.3. The Balaban J connectivity index is 1.23. The van der Waals surface area contributed by atoms with Crippen LogP contribution in [-0.4, -0.2) is 66.2 Å². The Kier molecular flexibility index (Phi) is 5.73. The fourth-order valence-electron chi connectivity index (χ4n) is 4.99. The summed E-state index contributed by atoms with van der Waals surface area (Å²) >= 11 is 1.57. The van der Waals surface area contributed by atoms with Gasteiger partial charge in [-0.25, -0.2) is 0 Å². The monoisotopic (exact) mass is 428 g/mol. The van der Waals surface area contributed by atoms with Crippen LogP contribution in [0.25, 0.3) is 10.1 Å². The molecule has 6 heteroatoms. The number of fused-ring (bicyclic) bond motifs is 1. The predicted octanol–water partition coefficient (Wildman–Crippen LogP) is 4.55. The lowest BCUT2D eigenvalue weighted by atomic mass is 9.90. The molecule has 0 spiro atoms. The number of carbonyl (C=O) groups excluding carboxylic acids is 1. The fraction of sp³-hybridized carbons (Fsp3) is 0.625. The third-order valence-corrected chi connectivity index (χ3v) is 7.87. The predicted molar refractivity (Wildman–Crippen MR) is 121 cm³/mol. The average Bonchev–Trinajstić information content (AvgIpc) is 3.10. The zero-order chi connectivity index (χ0) is 20.7. The lowest BCUT2D eigenvalue weighted by Gasteiger charge is -2.41. The normalized spacial score (nSPS) is 26.7. The number of ether oxygens (including phenoxy) is 2. The van der Waals surface area contributed by atoms with E-state index in [0.717, 1.165) is 52.7 Å². The summed E-state index contributed by atoms with van der Waals surface area (Å²) in [6, 6.07) is 9.11. The molecule has 162 valence electrons. The smallest absolute Gasteiger partial charge is 0.264 e. The zero-order valence-electron chi connectivity index (χ0n) is 18.0. The van der Waals surface area contributed by atoms with E-state index in [0.29, 0.717) is 19.2 Å². The summed E-state index contributed by atoms with van der Waals surface area (Å²) in [7, 11) is 0. The summed E-state index contributed by atoms with van der Waals surface area (Å²) in [6.07, 6.45) is 6.84. The molecule has 30 heavy (non-hydrogen) atoms. The molecule has 1 aromatic heterocycles. The number of carbonyl (C=O) groups is 1. The largest absolute Gasteiger partial charge is 0.490 e. The molecule has 2 aliphatic heterocycles. The van der Waals surface area contributed by atoms with Gasteiger partial charge in [-0.3, -0.25) is 4.79 Å². The molecule has 2 aromatic rings. The zero-order valence-corrected chi connectivity index (χ0v) is 18.8. The molecule has 0 N–H and O–H groups in total. The maximum atomic E-state index is 13.0. The van der Waals surface area contributed by atoms with Crippen LogP contribution < -0.4 is 4.74 Å². The van der Waals surface area contributed by atoms with Gasteiger partial charge < -0.3 is 19.3 Å². The van der Waals surface area contributed by atoms with E-state index in [-0.39, 0.29) is 18.1 Å². The number of amides is 1. The molecule has 0 bridgehead atoms. The molecule has 3 heterocycles. The van der Waals surface area contributed by atoms with Gasteiger partial charge in [0.05, 0.1) is 17.1 Å². The van der Waals surface area contributed by atoms with E-state index in [1.54, 1.807) is 11.3 Å². The van der Waals surface area contributed by atoms with Gasteiger partial charge in [0.1, 0.15) is 11.9 Å². The molecule has 3 aliphatic rings. The molecule has 0 radical (unpaired) electrons. The Morgan fingerprint density at radius 2 is 1.80 bits per heavy atom. The van der Waals surface area contributed by atoms with Crippen LogP contribution in [0.2, 0.25) is 0 Å². The number of likely N-dealkylation sites (tertiary alicyclic amines) is 1. The molecule has 1 aromatic carbocycles. The highest BCUT2D eigenvalue weighted by Crippen LogP contribution is 2.32. The summed E-state index contributed by atoms with van der Waals surface area (Å²) in [5.41, 5.74) is 0. The lowest BCUT2D eigenvalue weighted by molar-refractivity contribution is -0.0585. The molecule has 3 fully saturated rings. The van der Waals surface area contributed by atoms with Crippen LogP contribution in [0.15, 0.2) is 24.3 Å². The number of hydrogen-bond acceptors (Lipinski definition) is 5. The summed E-state index contributed by atoms with van der Waals surface area (Å²) in [4.78, 5) is 18.4. The number of nitrogens with zero attached hydrogens (tertiary/aromatic N) is 2. The molecule has 5 rings (SSSR count). The number of rotatable bonds is 4. The number of morpholine rings is 1. The van der Waals surface area contributed by atoms with Gasteiger partial charge >= 0.3 is 0 Å². The minimum absolute atomic E-state index is 0.0859. The van der Waals surface area contributed by atoms with Crippen LogP contribution in [0, 0.1) is 0 Å². The first kappa shape index (κ1) is 20.3. The Bertz CT molecular complexity index is 891. The minimum Gasteiger partial charge on any atom is -0.490 e. The quantitative estimate of drug-likeness (QED) is 0.717. The highest BCUT2D eigenvalue weighted by atomic mass is 32.1. The highest BCUT2D eigenvalue weighted by molar-refractivity contribution is 7.20. The molecule has 1 aliphatic carbocycles. The Morgan fingerprint density at radius 1 is 1.07 bits per heavy atom. The molecule has 0 unspecified atom stereocenters. The van der Waals surface area contributed by atoms with Crippen molar-refractivity contribution in [2.45, 2.75) is 70.3 Å². The molecule has 1 amide bonds. The van der Waals surface area contributed by atoms with Crippen LogP contribution in [0.4, 0.5) is 0 Å². The van der Waals surface area contributed by atoms with E-state index in [1.807, 2.05) is 24.8 Å². The van der Waals surface area contributed by atoms with Crippen molar-refractivity contribution in [3.63, 3.8) is 0 Å². The third-order valence-electron chi connectivity index (χ3n) is 6.78. The molecular formula is C24H32N2O3S.